The first-order valence-electron chi connectivity index (χ1n) is 6.95. The Morgan fingerprint density at radius 2 is 2.19 bits per heavy atom. The lowest BCUT2D eigenvalue weighted by Gasteiger charge is -2.24. The van der Waals surface area contributed by atoms with Gasteiger partial charge < -0.3 is 9.84 Å². The molecule has 0 aliphatic heterocycles. The average Bonchev–Trinajstić information content (AvgIpc) is 3.18. The Morgan fingerprint density at radius 3 is 2.86 bits per heavy atom. The Labute approximate surface area is 131 Å². The van der Waals surface area contributed by atoms with Crippen LogP contribution in [0.1, 0.15) is 35.6 Å². The second-order valence-electron chi connectivity index (χ2n) is 5.28. The molecule has 3 rings (SSSR count). The fraction of sp³-hybridized carbons (Fsp3) is 0.467. The van der Waals surface area contributed by atoms with Crippen LogP contribution in [0.5, 0.6) is 0 Å². The van der Waals surface area contributed by atoms with Crippen molar-refractivity contribution in [2.75, 3.05) is 7.11 Å². The van der Waals surface area contributed by atoms with E-state index in [0.717, 1.165) is 33.3 Å². The van der Waals surface area contributed by atoms with Gasteiger partial charge in [0, 0.05) is 17.4 Å². The highest BCUT2D eigenvalue weighted by Crippen LogP contribution is 2.44. The van der Waals surface area contributed by atoms with Crippen LogP contribution in [0.2, 0.25) is 0 Å². The molecule has 2 aromatic heterocycles. The quantitative estimate of drug-likeness (QED) is 0.906. The zero-order chi connectivity index (χ0) is 14.9. The average molecular weight is 323 g/mol. The highest BCUT2D eigenvalue weighted by molar-refractivity contribution is 7.16. The van der Waals surface area contributed by atoms with Gasteiger partial charge in [-0.15, -0.1) is 22.7 Å². The van der Waals surface area contributed by atoms with E-state index in [-0.39, 0.29) is 12.0 Å². The highest BCUT2D eigenvalue weighted by Gasteiger charge is 2.38. The van der Waals surface area contributed by atoms with Gasteiger partial charge in [-0.3, -0.25) is 4.79 Å². The van der Waals surface area contributed by atoms with Crippen molar-refractivity contribution in [3.8, 4) is 10.6 Å². The number of aliphatic carboxylic acids is 1. The number of methoxy groups -OCH3 is 1. The van der Waals surface area contributed by atoms with Crippen molar-refractivity contribution in [3.05, 3.63) is 27.4 Å². The monoisotopic (exact) mass is 323 g/mol. The molecule has 0 spiro atoms. The van der Waals surface area contributed by atoms with Crippen LogP contribution in [0.3, 0.4) is 0 Å². The molecule has 21 heavy (non-hydrogen) atoms. The molecule has 2 heterocycles. The lowest BCUT2D eigenvalue weighted by Crippen LogP contribution is -2.23. The molecule has 0 bridgehead atoms. The molecule has 0 unspecified atom stereocenters. The zero-order valence-electron chi connectivity index (χ0n) is 11.8. The van der Waals surface area contributed by atoms with Crippen molar-refractivity contribution in [2.24, 2.45) is 0 Å². The van der Waals surface area contributed by atoms with Crippen molar-refractivity contribution >= 4 is 28.6 Å². The maximum atomic E-state index is 10.8. The number of hydrogen-bond donors (Lipinski definition) is 1. The summed E-state index contributed by atoms with van der Waals surface area (Å²) in [5.41, 5.74) is 0.726. The van der Waals surface area contributed by atoms with E-state index in [1.165, 1.54) is 24.2 Å². The Kier molecular flexibility index (Phi) is 4.10. The summed E-state index contributed by atoms with van der Waals surface area (Å²) in [6.07, 6.45) is 4.51. The molecule has 1 aliphatic carbocycles. The van der Waals surface area contributed by atoms with Gasteiger partial charge in [0.1, 0.15) is 10.6 Å². The third kappa shape index (κ3) is 2.88. The first-order valence-corrected chi connectivity index (χ1v) is 8.65. The van der Waals surface area contributed by atoms with Gasteiger partial charge in [0.15, 0.2) is 0 Å². The Morgan fingerprint density at radius 1 is 1.43 bits per heavy atom. The van der Waals surface area contributed by atoms with Gasteiger partial charge in [-0.2, -0.15) is 0 Å². The lowest BCUT2D eigenvalue weighted by atomic mass is 10.0. The van der Waals surface area contributed by atoms with Gasteiger partial charge in [0.05, 0.1) is 17.0 Å². The van der Waals surface area contributed by atoms with E-state index < -0.39 is 5.97 Å². The van der Waals surface area contributed by atoms with Crippen molar-refractivity contribution in [1.82, 2.24) is 4.98 Å². The number of aromatic nitrogens is 1. The minimum atomic E-state index is -0.799. The Balaban J connectivity index is 1.84. The summed E-state index contributed by atoms with van der Waals surface area (Å²) >= 11 is 3.14. The highest BCUT2D eigenvalue weighted by atomic mass is 32.1. The lowest BCUT2D eigenvalue weighted by molar-refractivity contribution is -0.136. The minimum absolute atomic E-state index is 0.0731. The van der Waals surface area contributed by atoms with Crippen LogP contribution in [0.15, 0.2) is 17.5 Å². The van der Waals surface area contributed by atoms with Crippen molar-refractivity contribution < 1.29 is 14.6 Å². The largest absolute Gasteiger partial charge is 0.481 e. The number of ether oxygens (including phenoxy) is 1. The topological polar surface area (TPSA) is 59.4 Å². The molecule has 1 fully saturated rings. The van der Waals surface area contributed by atoms with Crippen LogP contribution in [0, 0.1) is 0 Å². The van der Waals surface area contributed by atoms with E-state index in [4.69, 9.17) is 14.8 Å². The molecule has 112 valence electrons. The van der Waals surface area contributed by atoms with Crippen molar-refractivity contribution in [2.45, 2.75) is 37.7 Å². The SMILES string of the molecule is COC1(c2nc(-c3ccc(CC(=O)O)s3)cs2)CCCC1. The molecule has 0 radical (unpaired) electrons. The van der Waals surface area contributed by atoms with Gasteiger partial charge in [-0.05, 0) is 25.0 Å². The van der Waals surface area contributed by atoms with Gasteiger partial charge >= 0.3 is 5.97 Å². The molecular weight excluding hydrogens is 306 g/mol. The van der Waals surface area contributed by atoms with Crippen LogP contribution in [0.25, 0.3) is 10.6 Å². The second kappa shape index (κ2) is 5.87. The molecule has 0 aromatic carbocycles. The van der Waals surface area contributed by atoms with Crippen LogP contribution < -0.4 is 0 Å². The molecule has 6 heteroatoms. The van der Waals surface area contributed by atoms with Gasteiger partial charge in [0.25, 0.3) is 0 Å². The molecule has 4 nitrogen and oxygen atoms in total. The van der Waals surface area contributed by atoms with E-state index in [9.17, 15) is 4.79 Å². The zero-order valence-corrected chi connectivity index (χ0v) is 13.4. The standard InChI is InChI=1S/C15H17NO3S2/c1-19-15(6-2-3-7-15)14-16-11(9-20-14)12-5-4-10(21-12)8-13(17)18/h4-5,9H,2-3,6-8H2,1H3,(H,17,18). The summed E-state index contributed by atoms with van der Waals surface area (Å²) in [5.74, 6) is -0.799. The van der Waals surface area contributed by atoms with Crippen LogP contribution >= 0.6 is 22.7 Å². The van der Waals surface area contributed by atoms with Crippen molar-refractivity contribution in [3.63, 3.8) is 0 Å². The number of carboxylic acid groups (broad SMARTS) is 1. The van der Waals surface area contributed by atoms with E-state index in [0.29, 0.717) is 0 Å². The maximum absolute atomic E-state index is 10.8. The fourth-order valence-electron chi connectivity index (χ4n) is 2.81. The van der Waals surface area contributed by atoms with Crippen LogP contribution in [0.4, 0.5) is 0 Å². The third-order valence-corrected chi connectivity index (χ3v) is 6.07. The molecule has 1 N–H and O–H groups in total. The summed E-state index contributed by atoms with van der Waals surface area (Å²) in [4.78, 5) is 17.4. The number of carboxylic acids is 1. The number of carbonyl (C=O) groups is 1. The van der Waals surface area contributed by atoms with E-state index >= 15 is 0 Å². The van der Waals surface area contributed by atoms with Crippen LogP contribution in [-0.2, 0) is 21.6 Å². The van der Waals surface area contributed by atoms with E-state index in [1.54, 1.807) is 18.4 Å². The molecular formula is C15H17NO3S2. The maximum Gasteiger partial charge on any atom is 0.308 e. The Bertz CT molecular complexity index is 641. The number of hydrogen-bond acceptors (Lipinski definition) is 5. The molecule has 1 aliphatic rings. The summed E-state index contributed by atoms with van der Waals surface area (Å²) in [6, 6.07) is 3.82. The van der Waals surface area contributed by atoms with Gasteiger partial charge in [-0.1, -0.05) is 12.8 Å². The van der Waals surface area contributed by atoms with Gasteiger partial charge in [0.2, 0.25) is 0 Å². The van der Waals surface area contributed by atoms with Crippen LogP contribution in [-0.4, -0.2) is 23.2 Å². The fourth-order valence-corrected chi connectivity index (χ4v) is 4.90. The summed E-state index contributed by atoms with van der Waals surface area (Å²) < 4.78 is 5.77. The minimum Gasteiger partial charge on any atom is -0.481 e. The summed E-state index contributed by atoms with van der Waals surface area (Å²) in [7, 11) is 1.77. The smallest absolute Gasteiger partial charge is 0.308 e. The Hall–Kier alpha value is -1.24. The first-order chi connectivity index (χ1) is 10.1. The summed E-state index contributed by atoms with van der Waals surface area (Å²) in [6.45, 7) is 0. The first kappa shape index (κ1) is 14.7. The predicted molar refractivity (Wildman–Crippen MR) is 83.9 cm³/mol. The molecule has 0 saturated heterocycles. The third-order valence-electron chi connectivity index (χ3n) is 3.94. The second-order valence-corrected chi connectivity index (χ2v) is 7.31. The predicted octanol–water partition coefficient (Wildman–Crippen LogP) is 3.91. The number of thiazole rings is 1. The summed E-state index contributed by atoms with van der Waals surface area (Å²) in [5, 5.41) is 11.9. The van der Waals surface area contributed by atoms with E-state index in [1.807, 2.05) is 17.5 Å². The number of nitrogens with zero attached hydrogens (tertiary/aromatic N) is 1. The van der Waals surface area contributed by atoms with Gasteiger partial charge in [-0.25, -0.2) is 4.98 Å². The number of thiophene rings is 1. The normalized spacial score (nSPS) is 17.2. The van der Waals surface area contributed by atoms with Crippen molar-refractivity contribution in [1.29, 1.82) is 0 Å². The molecule has 0 atom stereocenters. The molecule has 0 amide bonds. The van der Waals surface area contributed by atoms with E-state index in [2.05, 4.69) is 0 Å². The molecule has 2 aromatic rings. The number of rotatable bonds is 5. The molecule has 1 saturated carbocycles.